The van der Waals surface area contributed by atoms with Gasteiger partial charge in [-0.05, 0) is 6.92 Å². The van der Waals surface area contributed by atoms with Crippen LogP contribution in [0, 0.1) is 0 Å². The van der Waals surface area contributed by atoms with Crippen LogP contribution in [0.15, 0.2) is 30.3 Å². The lowest BCUT2D eigenvalue weighted by Crippen LogP contribution is -2.23. The maximum Gasteiger partial charge on any atom is 0.306 e. The maximum absolute atomic E-state index is 11.7. The van der Waals surface area contributed by atoms with E-state index in [0.29, 0.717) is 5.56 Å². The normalized spacial score (nSPS) is 10.8. The van der Waals surface area contributed by atoms with E-state index in [-0.39, 0.29) is 18.2 Å². The molecule has 0 heterocycles. The highest BCUT2D eigenvalue weighted by molar-refractivity contribution is 6.00. The van der Waals surface area contributed by atoms with Gasteiger partial charge in [0.15, 0.2) is 6.10 Å². The molecule has 0 saturated heterocycles. The van der Waals surface area contributed by atoms with Gasteiger partial charge < -0.3 is 4.74 Å². The highest BCUT2D eigenvalue weighted by atomic mass is 16.5. The lowest BCUT2D eigenvalue weighted by atomic mass is 10.1. The number of benzene rings is 1. The Bertz CT molecular complexity index is 344. The quantitative estimate of drug-likeness (QED) is 0.595. The summed E-state index contributed by atoms with van der Waals surface area (Å²) >= 11 is 0. The minimum atomic E-state index is -0.708. The van der Waals surface area contributed by atoms with Gasteiger partial charge in [-0.15, -0.1) is 0 Å². The third-order valence-corrected chi connectivity index (χ3v) is 2.02. The van der Waals surface area contributed by atoms with Crippen LogP contribution in [0.4, 0.5) is 0 Å². The molecule has 0 radical (unpaired) electrons. The zero-order chi connectivity index (χ0) is 13.3. The average molecular weight is 236 g/mol. The van der Waals surface area contributed by atoms with Gasteiger partial charge in [0.05, 0.1) is 0 Å². The number of Topliss-reactive ketones (excluding diaryl/α,β-unsaturated/α-hetero) is 1. The molecule has 1 unspecified atom stereocenters. The van der Waals surface area contributed by atoms with Crippen molar-refractivity contribution in [1.29, 1.82) is 0 Å². The Hall–Kier alpha value is -1.64. The molecule has 0 saturated carbocycles. The molecule has 0 spiro atoms. The molecule has 1 aromatic carbocycles. The van der Waals surface area contributed by atoms with Crippen LogP contribution >= 0.6 is 0 Å². The van der Waals surface area contributed by atoms with Gasteiger partial charge in [0, 0.05) is 12.0 Å². The van der Waals surface area contributed by atoms with Gasteiger partial charge in [-0.25, -0.2) is 0 Å². The molecule has 1 aromatic rings. The second-order valence-electron chi connectivity index (χ2n) is 3.22. The summed E-state index contributed by atoms with van der Waals surface area (Å²) < 4.78 is 4.93. The van der Waals surface area contributed by atoms with Crippen molar-refractivity contribution in [1.82, 2.24) is 0 Å². The molecule has 0 fully saturated rings. The van der Waals surface area contributed by atoms with Crippen molar-refractivity contribution in [3.05, 3.63) is 35.9 Å². The average Bonchev–Trinajstić information content (AvgIpc) is 2.40. The molecular weight excluding hydrogens is 216 g/mol. The molecular formula is C14H20O3. The van der Waals surface area contributed by atoms with Crippen molar-refractivity contribution in [2.24, 2.45) is 0 Å². The first-order chi connectivity index (χ1) is 8.15. The van der Waals surface area contributed by atoms with Gasteiger partial charge in [-0.1, -0.05) is 51.1 Å². The second-order valence-corrected chi connectivity index (χ2v) is 3.22. The number of ether oxygens (including phenoxy) is 1. The number of ketones is 1. The summed E-state index contributed by atoms with van der Waals surface area (Å²) in [5, 5.41) is 0. The number of rotatable bonds is 4. The molecule has 0 N–H and O–H groups in total. The Kier molecular flexibility index (Phi) is 7.68. The van der Waals surface area contributed by atoms with Crippen molar-refractivity contribution in [3.8, 4) is 0 Å². The van der Waals surface area contributed by atoms with Crippen molar-refractivity contribution in [3.63, 3.8) is 0 Å². The fraction of sp³-hybridized carbons (Fsp3) is 0.429. The molecule has 17 heavy (non-hydrogen) atoms. The molecule has 0 aliphatic rings. The zero-order valence-electron chi connectivity index (χ0n) is 10.9. The van der Waals surface area contributed by atoms with Crippen LogP contribution in [-0.4, -0.2) is 17.9 Å². The van der Waals surface area contributed by atoms with Gasteiger partial charge in [-0.2, -0.15) is 0 Å². The molecule has 1 atom stereocenters. The summed E-state index contributed by atoms with van der Waals surface area (Å²) in [5.41, 5.74) is 0.564. The zero-order valence-corrected chi connectivity index (χ0v) is 10.9. The van der Waals surface area contributed by atoms with Crippen molar-refractivity contribution in [2.75, 3.05) is 0 Å². The maximum atomic E-state index is 11.7. The molecule has 0 aromatic heterocycles. The van der Waals surface area contributed by atoms with E-state index in [1.54, 1.807) is 38.1 Å². The summed E-state index contributed by atoms with van der Waals surface area (Å²) in [7, 11) is 0. The molecule has 0 bridgehead atoms. The topological polar surface area (TPSA) is 43.4 Å². The lowest BCUT2D eigenvalue weighted by molar-refractivity contribution is -0.145. The number of carbonyl (C=O) groups is 2. The third kappa shape index (κ3) is 5.29. The van der Waals surface area contributed by atoms with E-state index in [1.807, 2.05) is 19.9 Å². The lowest BCUT2D eigenvalue weighted by Gasteiger charge is -2.11. The second kappa shape index (κ2) is 8.50. The first-order valence-corrected chi connectivity index (χ1v) is 5.94. The van der Waals surface area contributed by atoms with Crippen LogP contribution in [0.25, 0.3) is 0 Å². The van der Waals surface area contributed by atoms with Gasteiger partial charge in [0.1, 0.15) is 0 Å². The van der Waals surface area contributed by atoms with Crippen LogP contribution in [0.1, 0.15) is 44.5 Å². The molecule has 3 heteroatoms. The van der Waals surface area contributed by atoms with Crippen LogP contribution in [-0.2, 0) is 9.53 Å². The minimum absolute atomic E-state index is 0.169. The molecule has 3 nitrogen and oxygen atoms in total. The Labute approximate surface area is 103 Å². The first-order valence-electron chi connectivity index (χ1n) is 5.94. The van der Waals surface area contributed by atoms with E-state index in [4.69, 9.17) is 4.74 Å². The Morgan fingerprint density at radius 2 is 1.71 bits per heavy atom. The third-order valence-electron chi connectivity index (χ3n) is 2.02. The smallest absolute Gasteiger partial charge is 0.306 e. The monoisotopic (exact) mass is 236 g/mol. The van der Waals surface area contributed by atoms with Crippen LogP contribution in [0.5, 0.6) is 0 Å². The number of esters is 1. The molecule has 0 aliphatic heterocycles. The highest BCUT2D eigenvalue weighted by Crippen LogP contribution is 2.06. The SMILES string of the molecule is CC.CCC(=O)OC(C)C(=O)c1ccccc1. The Morgan fingerprint density at radius 1 is 1.18 bits per heavy atom. The standard InChI is InChI=1S/C12H14O3.C2H6/c1-3-11(13)15-9(2)12(14)10-7-5-4-6-8-10;1-2/h4-9H,3H2,1-2H3;1-2H3. The summed E-state index contributed by atoms with van der Waals surface area (Å²) in [6, 6.07) is 8.81. The highest BCUT2D eigenvalue weighted by Gasteiger charge is 2.17. The molecule has 1 rings (SSSR count). The summed E-state index contributed by atoms with van der Waals surface area (Å²) in [5.74, 6) is -0.524. The summed E-state index contributed by atoms with van der Waals surface area (Å²) in [4.78, 5) is 22.7. The largest absolute Gasteiger partial charge is 0.454 e. The van der Waals surface area contributed by atoms with E-state index in [1.165, 1.54) is 0 Å². The predicted octanol–water partition coefficient (Wildman–Crippen LogP) is 3.24. The van der Waals surface area contributed by atoms with Crippen molar-refractivity contribution >= 4 is 11.8 Å². The molecule has 0 aliphatic carbocycles. The van der Waals surface area contributed by atoms with Gasteiger partial charge in [0.2, 0.25) is 5.78 Å². The predicted molar refractivity (Wildman–Crippen MR) is 68.0 cm³/mol. The Morgan fingerprint density at radius 3 is 2.18 bits per heavy atom. The van der Waals surface area contributed by atoms with Gasteiger partial charge in [0.25, 0.3) is 0 Å². The first kappa shape index (κ1) is 15.4. The van der Waals surface area contributed by atoms with Crippen molar-refractivity contribution < 1.29 is 14.3 Å². The molecule has 94 valence electrons. The summed E-state index contributed by atoms with van der Waals surface area (Å²) in [6.45, 7) is 7.28. The van der Waals surface area contributed by atoms with Crippen LogP contribution < -0.4 is 0 Å². The number of hydrogen-bond acceptors (Lipinski definition) is 3. The van der Waals surface area contributed by atoms with Crippen molar-refractivity contribution in [2.45, 2.75) is 40.2 Å². The van der Waals surface area contributed by atoms with Crippen LogP contribution in [0.3, 0.4) is 0 Å². The van der Waals surface area contributed by atoms with E-state index < -0.39 is 6.10 Å². The van der Waals surface area contributed by atoms with E-state index in [9.17, 15) is 9.59 Å². The summed E-state index contributed by atoms with van der Waals surface area (Å²) in [6.07, 6.45) is -0.424. The van der Waals surface area contributed by atoms with E-state index in [2.05, 4.69) is 0 Å². The Balaban J connectivity index is 0.00000121. The van der Waals surface area contributed by atoms with Crippen LogP contribution in [0.2, 0.25) is 0 Å². The van der Waals surface area contributed by atoms with Gasteiger partial charge >= 0.3 is 5.97 Å². The van der Waals surface area contributed by atoms with E-state index in [0.717, 1.165) is 0 Å². The fourth-order valence-corrected chi connectivity index (χ4v) is 1.17. The molecule has 0 amide bonds. The fourth-order valence-electron chi connectivity index (χ4n) is 1.17. The minimum Gasteiger partial charge on any atom is -0.454 e. The van der Waals surface area contributed by atoms with E-state index >= 15 is 0 Å². The van der Waals surface area contributed by atoms with Gasteiger partial charge in [-0.3, -0.25) is 9.59 Å². The number of hydrogen-bond donors (Lipinski definition) is 0. The number of carbonyl (C=O) groups excluding carboxylic acids is 2.